The SMILES string of the molecule is CCOC(=O)c1ncoc1-c1ccccc1C(=O)N1CCN(c2cccc(C)c2C)CC1. The van der Waals surface area contributed by atoms with E-state index in [2.05, 4.69) is 41.9 Å². The van der Waals surface area contributed by atoms with Crippen LogP contribution in [0.15, 0.2) is 53.3 Å². The fraction of sp³-hybridized carbons (Fsp3) is 0.320. The van der Waals surface area contributed by atoms with E-state index >= 15 is 0 Å². The third kappa shape index (κ3) is 4.10. The lowest BCUT2D eigenvalue weighted by molar-refractivity contribution is 0.0520. The molecule has 0 saturated carbocycles. The maximum absolute atomic E-state index is 13.4. The maximum Gasteiger partial charge on any atom is 0.360 e. The molecule has 0 aliphatic carbocycles. The van der Waals surface area contributed by atoms with Crippen LogP contribution in [-0.4, -0.2) is 54.5 Å². The summed E-state index contributed by atoms with van der Waals surface area (Å²) < 4.78 is 10.6. The summed E-state index contributed by atoms with van der Waals surface area (Å²) >= 11 is 0. The molecule has 2 aromatic carbocycles. The van der Waals surface area contributed by atoms with Crippen LogP contribution in [0.25, 0.3) is 11.3 Å². The largest absolute Gasteiger partial charge is 0.461 e. The summed E-state index contributed by atoms with van der Waals surface area (Å²) in [5.41, 5.74) is 4.85. The zero-order valence-corrected chi connectivity index (χ0v) is 18.6. The summed E-state index contributed by atoms with van der Waals surface area (Å²) in [6, 6.07) is 13.5. The van der Waals surface area contributed by atoms with Crippen LogP contribution in [0.3, 0.4) is 0 Å². The first kappa shape index (κ1) is 21.6. The van der Waals surface area contributed by atoms with Gasteiger partial charge in [0, 0.05) is 37.4 Å². The van der Waals surface area contributed by atoms with Crippen LogP contribution in [0.2, 0.25) is 0 Å². The van der Waals surface area contributed by atoms with E-state index in [9.17, 15) is 9.59 Å². The number of anilines is 1. The fourth-order valence-corrected chi connectivity index (χ4v) is 4.05. The van der Waals surface area contributed by atoms with Gasteiger partial charge in [0.25, 0.3) is 5.91 Å². The Labute approximate surface area is 187 Å². The summed E-state index contributed by atoms with van der Waals surface area (Å²) in [5, 5.41) is 0. The van der Waals surface area contributed by atoms with Crippen molar-refractivity contribution in [1.82, 2.24) is 9.88 Å². The number of ether oxygens (including phenoxy) is 1. The van der Waals surface area contributed by atoms with Gasteiger partial charge in [-0.05, 0) is 44.0 Å². The Hall–Kier alpha value is -3.61. The second-order valence-corrected chi connectivity index (χ2v) is 7.79. The van der Waals surface area contributed by atoms with Crippen molar-refractivity contribution in [2.24, 2.45) is 0 Å². The molecule has 32 heavy (non-hydrogen) atoms. The molecular weight excluding hydrogens is 406 g/mol. The van der Waals surface area contributed by atoms with E-state index < -0.39 is 5.97 Å². The quantitative estimate of drug-likeness (QED) is 0.564. The van der Waals surface area contributed by atoms with Gasteiger partial charge in [0.2, 0.25) is 0 Å². The standard InChI is InChI=1S/C25H27N3O4/c1-4-31-25(30)22-23(32-16-26-22)19-9-5-6-10-20(19)24(29)28-14-12-27(13-15-28)21-11-7-8-17(2)18(21)3/h5-11,16H,4,12-15H2,1-3H3. The molecule has 166 valence electrons. The van der Waals surface area contributed by atoms with E-state index in [0.29, 0.717) is 24.2 Å². The van der Waals surface area contributed by atoms with Gasteiger partial charge in [0.1, 0.15) is 0 Å². The number of oxazole rings is 1. The minimum absolute atomic E-state index is 0.0758. The molecule has 1 aliphatic heterocycles. The monoisotopic (exact) mass is 433 g/mol. The van der Waals surface area contributed by atoms with Gasteiger partial charge in [0.05, 0.1) is 12.2 Å². The maximum atomic E-state index is 13.4. The van der Waals surface area contributed by atoms with Gasteiger partial charge < -0.3 is 19.0 Å². The number of aryl methyl sites for hydroxylation is 1. The summed E-state index contributed by atoms with van der Waals surface area (Å²) in [6.45, 7) is 8.95. The predicted octanol–water partition coefficient (Wildman–Crippen LogP) is 4.10. The average molecular weight is 434 g/mol. The Bertz CT molecular complexity index is 1130. The molecule has 3 aromatic rings. The second kappa shape index (κ2) is 9.26. The van der Waals surface area contributed by atoms with E-state index in [-0.39, 0.29) is 24.0 Å². The number of carbonyl (C=O) groups excluding carboxylic acids is 2. The number of benzene rings is 2. The van der Waals surface area contributed by atoms with E-state index in [0.717, 1.165) is 13.1 Å². The molecular formula is C25H27N3O4. The first-order valence-electron chi connectivity index (χ1n) is 10.8. The minimum Gasteiger partial charge on any atom is -0.461 e. The number of esters is 1. The molecule has 0 spiro atoms. The third-order valence-electron chi connectivity index (χ3n) is 5.92. The Balaban J connectivity index is 1.54. The van der Waals surface area contributed by atoms with Crippen molar-refractivity contribution < 1.29 is 18.7 Å². The smallest absolute Gasteiger partial charge is 0.360 e. The number of carbonyl (C=O) groups is 2. The van der Waals surface area contributed by atoms with Crippen molar-refractivity contribution in [3.05, 3.63) is 71.2 Å². The van der Waals surface area contributed by atoms with Gasteiger partial charge in [-0.2, -0.15) is 0 Å². The molecule has 2 heterocycles. The van der Waals surface area contributed by atoms with Crippen molar-refractivity contribution in [1.29, 1.82) is 0 Å². The summed E-state index contributed by atoms with van der Waals surface area (Å²) in [5.74, 6) is -0.408. The number of nitrogens with zero attached hydrogens (tertiary/aromatic N) is 3. The molecule has 0 atom stereocenters. The molecule has 0 N–H and O–H groups in total. The molecule has 0 bridgehead atoms. The van der Waals surface area contributed by atoms with Crippen LogP contribution in [0.4, 0.5) is 5.69 Å². The highest BCUT2D eigenvalue weighted by Crippen LogP contribution is 2.29. The van der Waals surface area contributed by atoms with Crippen LogP contribution in [-0.2, 0) is 4.74 Å². The molecule has 1 saturated heterocycles. The van der Waals surface area contributed by atoms with Crippen molar-refractivity contribution in [2.75, 3.05) is 37.7 Å². The number of rotatable bonds is 5. The lowest BCUT2D eigenvalue weighted by Crippen LogP contribution is -2.49. The van der Waals surface area contributed by atoms with Crippen LogP contribution in [0.5, 0.6) is 0 Å². The molecule has 0 radical (unpaired) electrons. The number of amides is 1. The highest BCUT2D eigenvalue weighted by molar-refractivity contribution is 6.03. The first-order chi connectivity index (χ1) is 15.5. The van der Waals surface area contributed by atoms with Gasteiger partial charge in [-0.1, -0.05) is 30.3 Å². The minimum atomic E-state index is -0.569. The Kier molecular flexibility index (Phi) is 6.25. The molecule has 0 unspecified atom stereocenters. The highest BCUT2D eigenvalue weighted by atomic mass is 16.5. The lowest BCUT2D eigenvalue weighted by Gasteiger charge is -2.37. The van der Waals surface area contributed by atoms with Gasteiger partial charge in [0.15, 0.2) is 17.8 Å². The van der Waals surface area contributed by atoms with Crippen molar-refractivity contribution in [2.45, 2.75) is 20.8 Å². The van der Waals surface area contributed by atoms with E-state index in [1.165, 1.54) is 23.2 Å². The van der Waals surface area contributed by atoms with E-state index in [1.807, 2.05) is 17.0 Å². The molecule has 1 aromatic heterocycles. The van der Waals surface area contributed by atoms with Gasteiger partial charge in [-0.15, -0.1) is 0 Å². The molecule has 1 aliphatic rings. The van der Waals surface area contributed by atoms with E-state index in [4.69, 9.17) is 9.15 Å². The zero-order chi connectivity index (χ0) is 22.7. The number of hydrogen-bond donors (Lipinski definition) is 0. The molecule has 4 rings (SSSR count). The summed E-state index contributed by atoms with van der Waals surface area (Å²) in [6.07, 6.45) is 1.20. The molecule has 1 fully saturated rings. The van der Waals surface area contributed by atoms with Gasteiger partial charge in [-0.25, -0.2) is 9.78 Å². The van der Waals surface area contributed by atoms with Crippen LogP contribution < -0.4 is 4.90 Å². The van der Waals surface area contributed by atoms with Crippen LogP contribution in [0, 0.1) is 13.8 Å². The second-order valence-electron chi connectivity index (χ2n) is 7.79. The molecule has 7 nitrogen and oxygen atoms in total. The van der Waals surface area contributed by atoms with Crippen molar-refractivity contribution >= 4 is 17.6 Å². The Morgan fingerprint density at radius 1 is 1.03 bits per heavy atom. The molecule has 1 amide bonds. The van der Waals surface area contributed by atoms with E-state index in [1.54, 1.807) is 19.1 Å². The predicted molar refractivity (Wildman–Crippen MR) is 122 cm³/mol. The van der Waals surface area contributed by atoms with Crippen molar-refractivity contribution in [3.8, 4) is 11.3 Å². The van der Waals surface area contributed by atoms with Gasteiger partial charge >= 0.3 is 5.97 Å². The van der Waals surface area contributed by atoms with Gasteiger partial charge in [-0.3, -0.25) is 4.79 Å². The summed E-state index contributed by atoms with van der Waals surface area (Å²) in [4.78, 5) is 33.9. The zero-order valence-electron chi connectivity index (χ0n) is 18.6. The van der Waals surface area contributed by atoms with Crippen LogP contribution >= 0.6 is 0 Å². The number of piperazine rings is 1. The first-order valence-corrected chi connectivity index (χ1v) is 10.8. The normalized spacial score (nSPS) is 13.8. The number of hydrogen-bond acceptors (Lipinski definition) is 6. The Morgan fingerprint density at radius 3 is 2.53 bits per heavy atom. The highest BCUT2D eigenvalue weighted by Gasteiger charge is 2.28. The topological polar surface area (TPSA) is 75.9 Å². The lowest BCUT2D eigenvalue weighted by atomic mass is 10.0. The third-order valence-corrected chi connectivity index (χ3v) is 5.92. The average Bonchev–Trinajstić information content (AvgIpc) is 3.31. The molecule has 7 heteroatoms. The van der Waals surface area contributed by atoms with Crippen LogP contribution in [0.1, 0.15) is 38.9 Å². The van der Waals surface area contributed by atoms with Crippen molar-refractivity contribution in [3.63, 3.8) is 0 Å². The summed E-state index contributed by atoms with van der Waals surface area (Å²) in [7, 11) is 0. The Morgan fingerprint density at radius 2 is 1.78 bits per heavy atom. The number of aromatic nitrogens is 1. The fourth-order valence-electron chi connectivity index (χ4n) is 4.05.